The van der Waals surface area contributed by atoms with E-state index in [9.17, 15) is 9.90 Å². The van der Waals surface area contributed by atoms with Crippen LogP contribution in [0, 0.1) is 5.92 Å². The highest BCUT2D eigenvalue weighted by molar-refractivity contribution is 5.70. The summed E-state index contributed by atoms with van der Waals surface area (Å²) >= 11 is 0. The lowest BCUT2D eigenvalue weighted by Gasteiger charge is -2.37. The minimum Gasteiger partial charge on any atom is -0.497 e. The number of ether oxygens (including phenoxy) is 3. The Bertz CT molecular complexity index is 1100. The summed E-state index contributed by atoms with van der Waals surface area (Å²) in [4.78, 5) is 14.0. The predicted octanol–water partition coefficient (Wildman–Crippen LogP) is 5.17. The average Bonchev–Trinajstić information content (AvgIpc) is 2.89. The molecule has 6 heteroatoms. The zero-order chi connectivity index (χ0) is 23.9. The van der Waals surface area contributed by atoms with E-state index in [4.69, 9.17) is 14.2 Å². The largest absolute Gasteiger partial charge is 0.497 e. The van der Waals surface area contributed by atoms with E-state index in [1.54, 1.807) is 14.2 Å². The minimum absolute atomic E-state index is 0.130. The number of carbonyl (C=O) groups is 1. The number of rotatable bonds is 9. The number of hydrogen-bond donors (Lipinski definition) is 1. The second-order valence-corrected chi connectivity index (χ2v) is 8.54. The Hall–Kier alpha value is -3.51. The standard InChI is InChI=1S/C28H31NO5/c1-32-24-12-6-10-21(16-24)27(29-15-7-11-23(18-29)28(30)31)22-13-14-25(26(17-22)33-2)34-19-20-8-4-3-5-9-20/h3-6,8-10,12-14,16-17,23,27H,7,11,15,18-19H2,1-2H3,(H,30,31). The molecule has 34 heavy (non-hydrogen) atoms. The summed E-state index contributed by atoms with van der Waals surface area (Å²) in [6.45, 7) is 1.76. The Balaban J connectivity index is 1.66. The Morgan fingerprint density at radius 1 is 0.971 bits per heavy atom. The molecule has 2 atom stereocenters. The van der Waals surface area contributed by atoms with Crippen LogP contribution in [0.3, 0.4) is 0 Å². The molecule has 3 aromatic carbocycles. The first-order valence-electron chi connectivity index (χ1n) is 11.5. The van der Waals surface area contributed by atoms with Gasteiger partial charge in [-0.25, -0.2) is 0 Å². The summed E-state index contributed by atoms with van der Waals surface area (Å²) in [5.74, 6) is 0.965. The van der Waals surface area contributed by atoms with E-state index in [0.717, 1.165) is 35.4 Å². The molecule has 2 unspecified atom stereocenters. The van der Waals surface area contributed by atoms with Crippen molar-refractivity contribution in [1.29, 1.82) is 0 Å². The Labute approximate surface area is 200 Å². The van der Waals surface area contributed by atoms with Crippen LogP contribution in [0.2, 0.25) is 0 Å². The first-order chi connectivity index (χ1) is 16.6. The fourth-order valence-corrected chi connectivity index (χ4v) is 4.58. The quantitative estimate of drug-likeness (QED) is 0.474. The molecule has 0 saturated carbocycles. The van der Waals surface area contributed by atoms with Crippen molar-refractivity contribution in [2.75, 3.05) is 27.3 Å². The SMILES string of the molecule is COc1cccc(C(c2ccc(OCc3ccccc3)c(OC)c2)N2CCCC(C(=O)O)C2)c1. The van der Waals surface area contributed by atoms with Gasteiger partial charge in [0.05, 0.1) is 26.2 Å². The average molecular weight is 462 g/mol. The van der Waals surface area contributed by atoms with Gasteiger partial charge in [-0.1, -0.05) is 48.5 Å². The molecule has 1 saturated heterocycles. The molecule has 0 amide bonds. The fourth-order valence-electron chi connectivity index (χ4n) is 4.58. The molecule has 6 nitrogen and oxygen atoms in total. The molecule has 178 valence electrons. The van der Waals surface area contributed by atoms with Crippen LogP contribution >= 0.6 is 0 Å². The summed E-state index contributed by atoms with van der Waals surface area (Å²) in [7, 11) is 3.29. The van der Waals surface area contributed by atoms with E-state index in [0.29, 0.717) is 31.1 Å². The Morgan fingerprint density at radius 3 is 2.50 bits per heavy atom. The number of likely N-dealkylation sites (tertiary alicyclic amines) is 1. The van der Waals surface area contributed by atoms with Crippen LogP contribution in [0.4, 0.5) is 0 Å². The van der Waals surface area contributed by atoms with Crippen molar-refractivity contribution in [3.63, 3.8) is 0 Å². The summed E-state index contributed by atoms with van der Waals surface area (Å²) in [6, 6.07) is 23.8. The number of carboxylic acids is 1. The maximum Gasteiger partial charge on any atom is 0.307 e. The van der Waals surface area contributed by atoms with Gasteiger partial charge in [0, 0.05) is 6.54 Å². The minimum atomic E-state index is -0.740. The summed E-state index contributed by atoms with van der Waals surface area (Å²) < 4.78 is 17.2. The highest BCUT2D eigenvalue weighted by atomic mass is 16.5. The molecule has 0 aliphatic carbocycles. The number of piperidine rings is 1. The molecular formula is C28H31NO5. The van der Waals surface area contributed by atoms with Gasteiger partial charge >= 0.3 is 5.97 Å². The van der Waals surface area contributed by atoms with Crippen molar-refractivity contribution in [2.45, 2.75) is 25.5 Å². The molecule has 1 fully saturated rings. The summed E-state index contributed by atoms with van der Waals surface area (Å²) in [5.41, 5.74) is 3.14. The van der Waals surface area contributed by atoms with Crippen LogP contribution in [0.1, 0.15) is 35.6 Å². The van der Waals surface area contributed by atoms with Crippen molar-refractivity contribution in [3.05, 3.63) is 89.5 Å². The second kappa shape index (κ2) is 11.1. The van der Waals surface area contributed by atoms with Gasteiger partial charge in [0.15, 0.2) is 11.5 Å². The molecule has 0 radical (unpaired) electrons. The molecule has 1 aliphatic heterocycles. The third-order valence-corrected chi connectivity index (χ3v) is 6.32. The maximum absolute atomic E-state index is 11.7. The maximum atomic E-state index is 11.7. The van der Waals surface area contributed by atoms with E-state index in [2.05, 4.69) is 11.0 Å². The first-order valence-corrected chi connectivity index (χ1v) is 11.5. The molecule has 3 aromatic rings. The van der Waals surface area contributed by atoms with Crippen LogP contribution in [0.15, 0.2) is 72.8 Å². The van der Waals surface area contributed by atoms with Crippen molar-refractivity contribution in [2.24, 2.45) is 5.92 Å². The molecule has 1 aliphatic rings. The first kappa shape index (κ1) is 23.6. The summed E-state index contributed by atoms with van der Waals surface area (Å²) in [6.07, 6.45) is 1.54. The number of methoxy groups -OCH3 is 2. The number of aliphatic carboxylic acids is 1. The van der Waals surface area contributed by atoms with Crippen LogP contribution in [-0.2, 0) is 11.4 Å². The lowest BCUT2D eigenvalue weighted by molar-refractivity contribution is -0.143. The normalized spacial score (nSPS) is 17.1. The smallest absolute Gasteiger partial charge is 0.307 e. The van der Waals surface area contributed by atoms with Crippen molar-refractivity contribution in [3.8, 4) is 17.2 Å². The van der Waals surface area contributed by atoms with Gasteiger partial charge in [0.2, 0.25) is 0 Å². The number of hydrogen-bond acceptors (Lipinski definition) is 5. The second-order valence-electron chi connectivity index (χ2n) is 8.54. The zero-order valence-corrected chi connectivity index (χ0v) is 19.6. The highest BCUT2D eigenvalue weighted by Gasteiger charge is 2.32. The number of carboxylic acid groups (broad SMARTS) is 1. The number of nitrogens with zero attached hydrogens (tertiary/aromatic N) is 1. The van der Waals surface area contributed by atoms with Crippen molar-refractivity contribution < 1.29 is 24.1 Å². The van der Waals surface area contributed by atoms with Crippen LogP contribution < -0.4 is 14.2 Å². The van der Waals surface area contributed by atoms with Gasteiger partial charge in [0.25, 0.3) is 0 Å². The van der Waals surface area contributed by atoms with E-state index in [1.807, 2.05) is 66.7 Å². The molecule has 1 N–H and O–H groups in total. The fraction of sp³-hybridized carbons (Fsp3) is 0.321. The Morgan fingerprint density at radius 2 is 1.76 bits per heavy atom. The summed E-state index contributed by atoms with van der Waals surface area (Å²) in [5, 5.41) is 9.65. The van der Waals surface area contributed by atoms with Gasteiger partial charge in [-0.3, -0.25) is 9.69 Å². The lowest BCUT2D eigenvalue weighted by atomic mass is 9.91. The molecule has 4 rings (SSSR count). The third kappa shape index (κ3) is 5.51. The van der Waals surface area contributed by atoms with Crippen LogP contribution in [0.25, 0.3) is 0 Å². The van der Waals surface area contributed by atoms with Gasteiger partial charge in [-0.05, 0) is 60.3 Å². The predicted molar refractivity (Wildman–Crippen MR) is 131 cm³/mol. The molecule has 0 spiro atoms. The topological polar surface area (TPSA) is 68.2 Å². The van der Waals surface area contributed by atoms with Crippen LogP contribution in [0.5, 0.6) is 17.2 Å². The highest BCUT2D eigenvalue weighted by Crippen LogP contribution is 2.38. The Kier molecular flexibility index (Phi) is 7.70. The van der Waals surface area contributed by atoms with Gasteiger partial charge in [-0.2, -0.15) is 0 Å². The molecule has 0 aromatic heterocycles. The molecule has 1 heterocycles. The molecule has 0 bridgehead atoms. The van der Waals surface area contributed by atoms with E-state index in [1.165, 1.54) is 0 Å². The van der Waals surface area contributed by atoms with Crippen LogP contribution in [-0.4, -0.2) is 43.3 Å². The van der Waals surface area contributed by atoms with Gasteiger partial charge in [0.1, 0.15) is 12.4 Å². The van der Waals surface area contributed by atoms with E-state index in [-0.39, 0.29) is 12.0 Å². The lowest BCUT2D eigenvalue weighted by Crippen LogP contribution is -2.41. The zero-order valence-electron chi connectivity index (χ0n) is 19.6. The number of benzene rings is 3. The van der Waals surface area contributed by atoms with E-state index >= 15 is 0 Å². The van der Waals surface area contributed by atoms with E-state index < -0.39 is 5.97 Å². The van der Waals surface area contributed by atoms with Crippen molar-refractivity contribution >= 4 is 5.97 Å². The third-order valence-electron chi connectivity index (χ3n) is 6.32. The van der Waals surface area contributed by atoms with Crippen molar-refractivity contribution in [1.82, 2.24) is 4.90 Å². The van der Waals surface area contributed by atoms with Gasteiger partial charge in [-0.15, -0.1) is 0 Å². The monoisotopic (exact) mass is 461 g/mol. The molecular weight excluding hydrogens is 430 g/mol. The van der Waals surface area contributed by atoms with Gasteiger partial charge < -0.3 is 19.3 Å².